The Kier molecular flexibility index (Phi) is 5.75. The zero-order valence-electron chi connectivity index (χ0n) is 18.8. The maximum absolute atomic E-state index is 13.7. The Morgan fingerprint density at radius 2 is 1.85 bits per heavy atom. The number of ether oxygens (including phenoxy) is 2. The number of benzene rings is 3. The van der Waals surface area contributed by atoms with Crippen molar-refractivity contribution in [1.82, 2.24) is 9.21 Å². The van der Waals surface area contributed by atoms with E-state index in [0.29, 0.717) is 41.9 Å². The van der Waals surface area contributed by atoms with E-state index in [1.807, 2.05) is 49.4 Å². The SMILES string of the molecule is COc1cccc2c1Oc1ccccc1N=C2N1CCN(S(=O)(=O)c2cccc(F)c2)[C@@H](C)C1. The highest BCUT2D eigenvalue weighted by molar-refractivity contribution is 7.89. The second-order valence-electron chi connectivity index (χ2n) is 8.21. The summed E-state index contributed by atoms with van der Waals surface area (Å²) in [6.45, 7) is 2.90. The smallest absolute Gasteiger partial charge is 0.243 e. The van der Waals surface area contributed by atoms with E-state index in [0.717, 1.165) is 11.6 Å². The molecule has 0 aromatic heterocycles. The predicted molar refractivity (Wildman–Crippen MR) is 127 cm³/mol. The van der Waals surface area contributed by atoms with E-state index in [4.69, 9.17) is 14.5 Å². The van der Waals surface area contributed by atoms with Crippen LogP contribution in [0, 0.1) is 5.82 Å². The van der Waals surface area contributed by atoms with Crippen LogP contribution in [0.1, 0.15) is 12.5 Å². The van der Waals surface area contributed by atoms with Gasteiger partial charge in [-0.25, -0.2) is 17.8 Å². The van der Waals surface area contributed by atoms with Gasteiger partial charge in [0, 0.05) is 25.7 Å². The summed E-state index contributed by atoms with van der Waals surface area (Å²) >= 11 is 0. The summed E-state index contributed by atoms with van der Waals surface area (Å²) in [5, 5.41) is 0. The van der Waals surface area contributed by atoms with Crippen LogP contribution in [0.25, 0.3) is 0 Å². The van der Waals surface area contributed by atoms with E-state index >= 15 is 0 Å². The zero-order valence-corrected chi connectivity index (χ0v) is 19.6. The molecule has 0 spiro atoms. The van der Waals surface area contributed by atoms with Crippen molar-refractivity contribution in [1.29, 1.82) is 0 Å². The summed E-state index contributed by atoms with van der Waals surface area (Å²) in [6.07, 6.45) is 0. The Morgan fingerprint density at radius 1 is 1.06 bits per heavy atom. The molecule has 1 fully saturated rings. The first kappa shape index (κ1) is 22.4. The van der Waals surface area contributed by atoms with Gasteiger partial charge in [0.1, 0.15) is 17.3 Å². The Balaban J connectivity index is 1.50. The standard InChI is InChI=1S/C25H24FN3O4S/c1-17-16-28(13-14-29(17)34(30,31)19-8-5-7-18(26)15-19)25-20-9-6-12-23(32-2)24(20)33-22-11-4-3-10-21(22)27-25/h3-12,15,17H,13-14,16H2,1-2H3/t17-/m0/s1. The number of piperazine rings is 1. The van der Waals surface area contributed by atoms with Crippen LogP contribution in [0.3, 0.4) is 0 Å². The number of sulfonamides is 1. The number of rotatable bonds is 3. The molecule has 1 atom stereocenters. The van der Waals surface area contributed by atoms with Crippen LogP contribution in [0.4, 0.5) is 10.1 Å². The molecule has 0 N–H and O–H groups in total. The largest absolute Gasteiger partial charge is 0.493 e. The molecule has 2 aliphatic rings. The summed E-state index contributed by atoms with van der Waals surface area (Å²) in [4.78, 5) is 6.93. The van der Waals surface area contributed by atoms with Crippen molar-refractivity contribution < 1.29 is 22.3 Å². The second kappa shape index (κ2) is 8.73. The Hall–Kier alpha value is -3.43. The monoisotopic (exact) mass is 481 g/mol. The topological polar surface area (TPSA) is 71.4 Å². The Bertz CT molecular complexity index is 1380. The van der Waals surface area contributed by atoms with Gasteiger partial charge in [-0.1, -0.05) is 24.3 Å². The average molecular weight is 482 g/mol. The van der Waals surface area contributed by atoms with Crippen molar-refractivity contribution in [2.24, 2.45) is 4.99 Å². The molecule has 7 nitrogen and oxygen atoms in total. The lowest BCUT2D eigenvalue weighted by Crippen LogP contribution is -2.55. The van der Waals surface area contributed by atoms with Crippen molar-refractivity contribution in [2.75, 3.05) is 26.7 Å². The number of para-hydroxylation sites is 3. The van der Waals surface area contributed by atoms with Crippen molar-refractivity contribution in [3.8, 4) is 17.2 Å². The van der Waals surface area contributed by atoms with E-state index in [1.54, 1.807) is 7.11 Å². The summed E-state index contributed by atoms with van der Waals surface area (Å²) in [5.41, 5.74) is 1.45. The van der Waals surface area contributed by atoms with Crippen molar-refractivity contribution >= 4 is 21.5 Å². The Labute approximate surface area is 198 Å². The summed E-state index contributed by atoms with van der Waals surface area (Å²) in [6, 6.07) is 17.9. The highest BCUT2D eigenvalue weighted by atomic mass is 32.2. The minimum atomic E-state index is -3.83. The van der Waals surface area contributed by atoms with E-state index in [1.165, 1.54) is 22.5 Å². The Morgan fingerprint density at radius 3 is 2.62 bits per heavy atom. The van der Waals surface area contributed by atoms with Gasteiger partial charge in [0.15, 0.2) is 17.2 Å². The molecule has 3 aromatic rings. The van der Waals surface area contributed by atoms with Crippen LogP contribution in [-0.2, 0) is 10.0 Å². The molecule has 0 saturated carbocycles. The van der Waals surface area contributed by atoms with Crippen LogP contribution in [0.2, 0.25) is 0 Å². The average Bonchev–Trinajstić information content (AvgIpc) is 3.00. The van der Waals surface area contributed by atoms with Gasteiger partial charge in [-0.15, -0.1) is 0 Å². The van der Waals surface area contributed by atoms with Crippen LogP contribution in [-0.4, -0.2) is 56.2 Å². The predicted octanol–water partition coefficient (Wildman–Crippen LogP) is 4.41. The van der Waals surface area contributed by atoms with Gasteiger partial charge in [0.2, 0.25) is 10.0 Å². The fourth-order valence-electron chi connectivity index (χ4n) is 4.37. The molecule has 0 unspecified atom stereocenters. The number of amidine groups is 1. The number of aliphatic imine (C=N–C) groups is 1. The molecule has 0 bridgehead atoms. The van der Waals surface area contributed by atoms with E-state index < -0.39 is 15.8 Å². The van der Waals surface area contributed by atoms with Crippen LogP contribution in [0.15, 0.2) is 76.6 Å². The first-order valence-corrected chi connectivity index (χ1v) is 12.4. The first-order chi connectivity index (χ1) is 16.4. The van der Waals surface area contributed by atoms with Crippen LogP contribution >= 0.6 is 0 Å². The molecule has 5 rings (SSSR count). The lowest BCUT2D eigenvalue weighted by molar-refractivity contribution is 0.205. The van der Waals surface area contributed by atoms with Crippen molar-refractivity contribution in [3.63, 3.8) is 0 Å². The first-order valence-electron chi connectivity index (χ1n) is 10.9. The number of methoxy groups -OCH3 is 1. The zero-order chi connectivity index (χ0) is 23.9. The van der Waals surface area contributed by atoms with Crippen molar-refractivity contribution in [2.45, 2.75) is 17.9 Å². The number of nitrogens with zero attached hydrogens (tertiary/aromatic N) is 3. The van der Waals surface area contributed by atoms with E-state index in [2.05, 4.69) is 4.90 Å². The minimum Gasteiger partial charge on any atom is -0.493 e. The molecule has 3 aromatic carbocycles. The molecule has 0 radical (unpaired) electrons. The van der Waals surface area contributed by atoms with Gasteiger partial charge in [-0.3, -0.25) is 0 Å². The van der Waals surface area contributed by atoms with Gasteiger partial charge < -0.3 is 14.4 Å². The molecule has 34 heavy (non-hydrogen) atoms. The summed E-state index contributed by atoms with van der Waals surface area (Å²) in [7, 11) is -2.24. The molecule has 2 aliphatic heterocycles. The third-order valence-electron chi connectivity index (χ3n) is 6.01. The number of hydrogen-bond donors (Lipinski definition) is 0. The van der Waals surface area contributed by atoms with Gasteiger partial charge in [0.05, 0.1) is 17.6 Å². The molecule has 0 aliphatic carbocycles. The molecule has 2 heterocycles. The maximum Gasteiger partial charge on any atom is 0.243 e. The third kappa shape index (κ3) is 3.91. The van der Waals surface area contributed by atoms with Gasteiger partial charge in [-0.05, 0) is 49.4 Å². The van der Waals surface area contributed by atoms with Gasteiger partial charge >= 0.3 is 0 Å². The minimum absolute atomic E-state index is 0.0444. The van der Waals surface area contributed by atoms with E-state index in [9.17, 15) is 12.8 Å². The molecular formula is C25H24FN3O4S. The number of fused-ring (bicyclic) bond motifs is 2. The van der Waals surface area contributed by atoms with E-state index in [-0.39, 0.29) is 17.5 Å². The summed E-state index contributed by atoms with van der Waals surface area (Å²) < 4.78 is 53.3. The molecule has 1 saturated heterocycles. The van der Waals surface area contributed by atoms with Crippen LogP contribution < -0.4 is 9.47 Å². The summed E-state index contributed by atoms with van der Waals surface area (Å²) in [5.74, 6) is 1.87. The highest BCUT2D eigenvalue weighted by Crippen LogP contribution is 2.43. The molecule has 176 valence electrons. The normalized spacial score (nSPS) is 18.3. The van der Waals surface area contributed by atoms with Gasteiger partial charge in [0.25, 0.3) is 0 Å². The fourth-order valence-corrected chi connectivity index (χ4v) is 6.02. The number of halogens is 1. The molecule has 0 amide bonds. The van der Waals surface area contributed by atoms with Crippen LogP contribution in [0.5, 0.6) is 17.2 Å². The number of hydrogen-bond acceptors (Lipinski definition) is 6. The maximum atomic E-state index is 13.7. The molecule has 9 heteroatoms. The lowest BCUT2D eigenvalue weighted by Gasteiger charge is -2.40. The second-order valence-corrected chi connectivity index (χ2v) is 10.1. The fraction of sp³-hybridized carbons (Fsp3) is 0.240. The molecular weight excluding hydrogens is 457 g/mol. The van der Waals surface area contributed by atoms with Crippen molar-refractivity contribution in [3.05, 3.63) is 78.1 Å². The third-order valence-corrected chi connectivity index (χ3v) is 8.02. The highest BCUT2D eigenvalue weighted by Gasteiger charge is 2.36. The van der Waals surface area contributed by atoms with Gasteiger partial charge in [-0.2, -0.15) is 4.31 Å². The quantitative estimate of drug-likeness (QED) is 0.554. The lowest BCUT2D eigenvalue weighted by atomic mass is 10.1.